The molecule has 1 atom stereocenters. The molecular formula is C22H30NO5PS. The first kappa shape index (κ1) is 24.8. The highest BCUT2D eigenvalue weighted by molar-refractivity contribution is 7.46. The molecule has 0 spiro atoms. The highest BCUT2D eigenvalue weighted by Crippen LogP contribution is 2.37. The number of thiophene rings is 1. The van der Waals surface area contributed by atoms with Crippen LogP contribution in [-0.2, 0) is 26.9 Å². The molecule has 6 nitrogen and oxygen atoms in total. The summed E-state index contributed by atoms with van der Waals surface area (Å²) in [6, 6.07) is 10.3. The van der Waals surface area contributed by atoms with Crippen molar-refractivity contribution < 1.29 is 23.6 Å². The van der Waals surface area contributed by atoms with Gasteiger partial charge in [-0.25, -0.2) is 4.57 Å². The Labute approximate surface area is 182 Å². The maximum Gasteiger partial charge on any atom is 0.469 e. The van der Waals surface area contributed by atoms with Gasteiger partial charge < -0.3 is 20.3 Å². The first-order valence-electron chi connectivity index (χ1n) is 9.74. The molecule has 2 aromatic rings. The van der Waals surface area contributed by atoms with Crippen LogP contribution < -0.4 is 5.73 Å². The zero-order valence-electron chi connectivity index (χ0n) is 17.7. The monoisotopic (exact) mass is 451 g/mol. The van der Waals surface area contributed by atoms with Crippen molar-refractivity contribution in [1.29, 1.82) is 0 Å². The maximum atomic E-state index is 10.8. The largest absolute Gasteiger partial charge is 0.469 e. The predicted octanol–water partition coefficient (Wildman–Crippen LogP) is 4.08. The summed E-state index contributed by atoms with van der Waals surface area (Å²) in [5.41, 5.74) is 8.97. The smallest absolute Gasteiger partial charge is 0.376 e. The zero-order chi connectivity index (χ0) is 22.2. The lowest BCUT2D eigenvalue weighted by atomic mass is 9.98. The quantitative estimate of drug-likeness (QED) is 0.286. The molecule has 0 fully saturated rings. The van der Waals surface area contributed by atoms with Crippen LogP contribution in [0, 0.1) is 25.7 Å². The van der Waals surface area contributed by atoms with Crippen LogP contribution in [0.2, 0.25) is 0 Å². The molecule has 0 amide bonds. The minimum Gasteiger partial charge on any atom is -0.376 e. The van der Waals surface area contributed by atoms with Crippen molar-refractivity contribution in [3.63, 3.8) is 0 Å². The van der Waals surface area contributed by atoms with Crippen molar-refractivity contribution in [2.45, 2.75) is 52.2 Å². The van der Waals surface area contributed by atoms with Crippen LogP contribution in [0.1, 0.15) is 46.2 Å². The topological polar surface area (TPSA) is 102 Å². The summed E-state index contributed by atoms with van der Waals surface area (Å²) in [6.07, 6.45) is 1.91. The van der Waals surface area contributed by atoms with E-state index in [1.54, 1.807) is 18.3 Å². The molecule has 0 radical (unpaired) electrons. The number of phosphoric ester groups is 1. The van der Waals surface area contributed by atoms with Gasteiger partial charge in [0.2, 0.25) is 0 Å². The molecule has 4 N–H and O–H groups in total. The molecular weight excluding hydrogens is 421 g/mol. The number of ether oxygens (including phenoxy) is 1. The van der Waals surface area contributed by atoms with E-state index in [0.29, 0.717) is 32.5 Å². The second kappa shape index (κ2) is 11.2. The molecule has 2 rings (SSSR count). The Hall–Kier alpha value is -1.49. The first-order valence-corrected chi connectivity index (χ1v) is 12.1. The van der Waals surface area contributed by atoms with Crippen molar-refractivity contribution in [3.05, 3.63) is 56.8 Å². The molecule has 1 aromatic heterocycles. The number of aryl methyl sites for hydroxylation is 3. The van der Waals surface area contributed by atoms with Gasteiger partial charge in [0.15, 0.2) is 0 Å². The van der Waals surface area contributed by atoms with Gasteiger partial charge in [0.05, 0.1) is 24.7 Å². The molecule has 0 aliphatic carbocycles. The van der Waals surface area contributed by atoms with Gasteiger partial charge in [-0.15, -0.1) is 11.3 Å². The Morgan fingerprint density at radius 3 is 2.67 bits per heavy atom. The van der Waals surface area contributed by atoms with E-state index >= 15 is 0 Å². The van der Waals surface area contributed by atoms with E-state index in [9.17, 15) is 4.57 Å². The van der Waals surface area contributed by atoms with E-state index in [2.05, 4.69) is 48.4 Å². The standard InChI is InChI=1S/C22H30NO5PS/c1-17-7-8-19(14-18(17)2)15-27-13-5-4-6-20-9-10-21(30-20)11-12-22(3,23)16-28-29(24,25)26/h7-10,14H,5,11-13,15-16,23H2,1-3H3,(H2,24,25,26). The molecule has 8 heteroatoms. The van der Waals surface area contributed by atoms with E-state index in [1.807, 2.05) is 12.1 Å². The maximum absolute atomic E-state index is 10.8. The zero-order valence-corrected chi connectivity index (χ0v) is 19.4. The molecule has 0 bridgehead atoms. The van der Waals surface area contributed by atoms with Crippen molar-refractivity contribution in [2.75, 3.05) is 13.2 Å². The second-order valence-electron chi connectivity index (χ2n) is 7.71. The molecule has 0 aliphatic heterocycles. The van der Waals surface area contributed by atoms with Gasteiger partial charge in [-0.05, 0) is 62.4 Å². The van der Waals surface area contributed by atoms with Gasteiger partial charge in [-0.3, -0.25) is 4.52 Å². The van der Waals surface area contributed by atoms with Crippen LogP contribution >= 0.6 is 19.2 Å². The van der Waals surface area contributed by atoms with Gasteiger partial charge in [-0.1, -0.05) is 30.0 Å². The van der Waals surface area contributed by atoms with Crippen molar-refractivity contribution in [3.8, 4) is 11.8 Å². The Kier molecular flexibility index (Phi) is 9.27. The Balaban J connectivity index is 1.71. The highest BCUT2D eigenvalue weighted by atomic mass is 32.1. The van der Waals surface area contributed by atoms with Gasteiger partial charge >= 0.3 is 7.82 Å². The van der Waals surface area contributed by atoms with Crippen LogP contribution in [0.25, 0.3) is 0 Å². The summed E-state index contributed by atoms with van der Waals surface area (Å²) >= 11 is 1.60. The molecule has 0 saturated heterocycles. The Bertz CT molecular complexity index is 938. The van der Waals surface area contributed by atoms with E-state index in [-0.39, 0.29) is 6.61 Å². The van der Waals surface area contributed by atoms with Gasteiger partial charge in [0, 0.05) is 16.8 Å². The van der Waals surface area contributed by atoms with Gasteiger partial charge in [0.25, 0.3) is 0 Å². The average molecular weight is 452 g/mol. The molecule has 0 aliphatic rings. The summed E-state index contributed by atoms with van der Waals surface area (Å²) < 4.78 is 21.0. The van der Waals surface area contributed by atoms with Gasteiger partial charge in [-0.2, -0.15) is 0 Å². The third kappa shape index (κ3) is 9.55. The van der Waals surface area contributed by atoms with Crippen LogP contribution in [0.3, 0.4) is 0 Å². The summed E-state index contributed by atoms with van der Waals surface area (Å²) in [4.78, 5) is 19.7. The number of benzene rings is 1. The predicted molar refractivity (Wildman–Crippen MR) is 120 cm³/mol. The van der Waals surface area contributed by atoms with Crippen LogP contribution in [-0.4, -0.2) is 28.5 Å². The Morgan fingerprint density at radius 2 is 1.97 bits per heavy atom. The van der Waals surface area contributed by atoms with Gasteiger partial charge in [0.1, 0.15) is 0 Å². The summed E-state index contributed by atoms with van der Waals surface area (Å²) in [7, 11) is -4.50. The van der Waals surface area contributed by atoms with Crippen molar-refractivity contribution >= 4 is 19.2 Å². The third-order valence-electron chi connectivity index (χ3n) is 4.59. The Morgan fingerprint density at radius 1 is 1.20 bits per heavy atom. The first-order chi connectivity index (χ1) is 14.0. The van der Waals surface area contributed by atoms with Crippen molar-refractivity contribution in [2.24, 2.45) is 5.73 Å². The van der Waals surface area contributed by atoms with Crippen molar-refractivity contribution in [1.82, 2.24) is 0 Å². The number of rotatable bonds is 10. The molecule has 1 aromatic carbocycles. The summed E-state index contributed by atoms with van der Waals surface area (Å²) in [5, 5.41) is 0. The van der Waals surface area contributed by atoms with E-state index < -0.39 is 13.4 Å². The minimum atomic E-state index is -4.50. The summed E-state index contributed by atoms with van der Waals surface area (Å²) in [5.74, 6) is 6.29. The molecule has 0 saturated carbocycles. The fourth-order valence-corrected chi connectivity index (χ4v) is 3.99. The minimum absolute atomic E-state index is 0.197. The lowest BCUT2D eigenvalue weighted by Crippen LogP contribution is -2.41. The number of hydrogen-bond acceptors (Lipinski definition) is 5. The fourth-order valence-electron chi connectivity index (χ4n) is 2.65. The van der Waals surface area contributed by atoms with E-state index in [1.165, 1.54) is 16.7 Å². The normalized spacial score (nSPS) is 13.5. The van der Waals surface area contributed by atoms with E-state index in [4.69, 9.17) is 20.3 Å². The van der Waals surface area contributed by atoms with E-state index in [0.717, 1.165) is 9.75 Å². The van der Waals surface area contributed by atoms with Crippen LogP contribution in [0.4, 0.5) is 0 Å². The SMILES string of the molecule is Cc1ccc(COCCC#Cc2ccc(CCC(C)(N)COP(=O)(O)O)s2)cc1C. The van der Waals surface area contributed by atoms with Crippen LogP contribution in [0.5, 0.6) is 0 Å². The lowest BCUT2D eigenvalue weighted by molar-refractivity contribution is 0.126. The molecule has 1 heterocycles. The highest BCUT2D eigenvalue weighted by Gasteiger charge is 2.24. The number of hydrogen-bond donors (Lipinski definition) is 3. The molecule has 1 unspecified atom stereocenters. The molecule has 30 heavy (non-hydrogen) atoms. The number of phosphoric acid groups is 1. The third-order valence-corrected chi connectivity index (χ3v) is 6.12. The van der Waals surface area contributed by atoms with Crippen LogP contribution in [0.15, 0.2) is 30.3 Å². The molecule has 164 valence electrons. The summed E-state index contributed by atoms with van der Waals surface area (Å²) in [6.45, 7) is 6.90. The number of nitrogens with two attached hydrogens (primary N) is 1. The average Bonchev–Trinajstić information content (AvgIpc) is 3.12. The second-order valence-corrected chi connectivity index (χ2v) is 10.1. The lowest BCUT2D eigenvalue weighted by Gasteiger charge is -2.24. The fraction of sp³-hybridized carbons (Fsp3) is 0.455.